The van der Waals surface area contributed by atoms with Crippen LogP contribution in [0.4, 0.5) is 5.13 Å². The molecule has 0 amide bonds. The Morgan fingerprint density at radius 1 is 1.42 bits per heavy atom. The van der Waals surface area contributed by atoms with Gasteiger partial charge in [0.2, 0.25) is 17.3 Å². The fraction of sp³-hybridized carbons (Fsp3) is 0.375. The third-order valence-corrected chi connectivity index (χ3v) is 4.02. The first kappa shape index (κ1) is 19.3. The molecule has 5 N–H and O–H groups in total. The summed E-state index contributed by atoms with van der Waals surface area (Å²) in [6, 6.07) is 3.67. The lowest BCUT2D eigenvalue weighted by Crippen LogP contribution is -2.33. The standard InChI is InChI=1S/C16H22N8OS/c1-3-4-7-20-14(18)24-16-23-12(9-26-16)13-6-5-11(25-13)8-21-15(19-2)22-10-17/h5-6,9H,3-4,7-8H2,1-2H3,(H2,19,21,22)(H3,18,20,23,24). The van der Waals surface area contributed by atoms with Crippen molar-refractivity contribution >= 4 is 28.4 Å². The minimum Gasteiger partial charge on any atom is -0.458 e. The molecule has 0 saturated heterocycles. The number of rotatable bonds is 7. The number of aliphatic imine (C=N–C) groups is 2. The molecule has 0 aliphatic heterocycles. The molecule has 9 nitrogen and oxygen atoms in total. The highest BCUT2D eigenvalue weighted by atomic mass is 32.1. The monoisotopic (exact) mass is 374 g/mol. The number of nitriles is 1. The van der Waals surface area contributed by atoms with Crippen LogP contribution in [0.3, 0.4) is 0 Å². The Morgan fingerprint density at radius 3 is 3.00 bits per heavy atom. The third kappa shape index (κ3) is 5.78. The van der Waals surface area contributed by atoms with Crippen molar-refractivity contribution in [3.8, 4) is 17.6 Å². The quantitative estimate of drug-likeness (QED) is 0.251. The maximum absolute atomic E-state index is 8.57. The molecule has 2 aromatic rings. The first-order chi connectivity index (χ1) is 12.7. The highest BCUT2D eigenvalue weighted by Gasteiger charge is 2.10. The summed E-state index contributed by atoms with van der Waals surface area (Å²) >= 11 is 1.39. The minimum absolute atomic E-state index is 0.361. The van der Waals surface area contributed by atoms with Gasteiger partial charge in [-0.05, 0) is 18.6 Å². The van der Waals surface area contributed by atoms with Crippen LogP contribution in [0, 0.1) is 11.5 Å². The Labute approximate surface area is 156 Å². The Balaban J connectivity index is 1.97. The smallest absolute Gasteiger partial charge is 0.212 e. The molecule has 2 heterocycles. The number of hydrogen-bond acceptors (Lipinski definition) is 6. The average molecular weight is 374 g/mol. The predicted molar refractivity (Wildman–Crippen MR) is 103 cm³/mol. The van der Waals surface area contributed by atoms with E-state index in [9.17, 15) is 0 Å². The number of nitrogens with zero attached hydrogens (tertiary/aromatic N) is 4. The summed E-state index contributed by atoms with van der Waals surface area (Å²) < 4.78 is 5.76. The van der Waals surface area contributed by atoms with Gasteiger partial charge in [-0.15, -0.1) is 16.3 Å². The van der Waals surface area contributed by atoms with Gasteiger partial charge in [0.15, 0.2) is 11.7 Å². The van der Waals surface area contributed by atoms with Crippen LogP contribution in [-0.2, 0) is 6.54 Å². The summed E-state index contributed by atoms with van der Waals surface area (Å²) in [4.78, 5) is 12.3. The predicted octanol–water partition coefficient (Wildman–Crippen LogP) is 1.89. The Hall–Kier alpha value is -3.06. The highest BCUT2D eigenvalue weighted by Crippen LogP contribution is 2.28. The van der Waals surface area contributed by atoms with Gasteiger partial charge in [0.05, 0.1) is 6.54 Å². The van der Waals surface area contributed by atoms with E-state index in [0.717, 1.165) is 19.4 Å². The largest absolute Gasteiger partial charge is 0.458 e. The number of thiazole rings is 1. The van der Waals surface area contributed by atoms with Gasteiger partial charge in [-0.25, -0.2) is 4.98 Å². The number of aromatic nitrogens is 1. The van der Waals surface area contributed by atoms with E-state index in [-0.39, 0.29) is 0 Å². The van der Waals surface area contributed by atoms with E-state index in [2.05, 4.69) is 37.8 Å². The van der Waals surface area contributed by atoms with Crippen LogP contribution >= 0.6 is 11.3 Å². The zero-order valence-electron chi connectivity index (χ0n) is 14.7. The topological polar surface area (TPSA) is 137 Å². The lowest BCUT2D eigenvalue weighted by Gasteiger charge is -2.04. The number of guanidine groups is 2. The summed E-state index contributed by atoms with van der Waals surface area (Å²) in [5.74, 6) is 2.07. The van der Waals surface area contributed by atoms with Crippen LogP contribution in [0.25, 0.3) is 11.5 Å². The van der Waals surface area contributed by atoms with Crippen LogP contribution < -0.4 is 21.7 Å². The van der Waals surface area contributed by atoms with Crippen molar-refractivity contribution in [1.29, 1.82) is 5.26 Å². The second-order valence-electron chi connectivity index (χ2n) is 5.22. The lowest BCUT2D eigenvalue weighted by atomic mass is 10.3. The van der Waals surface area contributed by atoms with Crippen molar-refractivity contribution in [1.82, 2.24) is 20.9 Å². The lowest BCUT2D eigenvalue weighted by molar-refractivity contribution is 0.513. The van der Waals surface area contributed by atoms with Crippen molar-refractivity contribution in [3.05, 3.63) is 23.3 Å². The molecular formula is C16H22N8OS. The molecule has 0 aromatic carbocycles. The molecule has 0 bridgehead atoms. The van der Waals surface area contributed by atoms with E-state index >= 15 is 0 Å². The van der Waals surface area contributed by atoms with Crippen molar-refractivity contribution < 1.29 is 4.42 Å². The SMILES string of the molecule is CCCCN/C(N)=N/c1nc(-c2ccc(CN/C(=N\C#N)NC)o2)cs1. The summed E-state index contributed by atoms with van der Waals surface area (Å²) in [7, 11) is 1.68. The summed E-state index contributed by atoms with van der Waals surface area (Å²) in [6.45, 7) is 3.30. The van der Waals surface area contributed by atoms with E-state index in [4.69, 9.17) is 15.4 Å². The number of unbranched alkanes of at least 4 members (excludes halogenated alkanes) is 1. The molecule has 2 rings (SSSR count). The van der Waals surface area contributed by atoms with Crippen molar-refractivity contribution in [3.63, 3.8) is 0 Å². The van der Waals surface area contributed by atoms with E-state index in [0.29, 0.717) is 40.8 Å². The normalized spacial score (nSPS) is 11.9. The third-order valence-electron chi connectivity index (χ3n) is 3.29. The number of nitrogens with two attached hydrogens (primary N) is 1. The molecule has 2 aromatic heterocycles. The first-order valence-corrected chi connectivity index (χ1v) is 9.05. The second-order valence-corrected chi connectivity index (χ2v) is 6.06. The van der Waals surface area contributed by atoms with Crippen molar-refractivity contribution in [2.45, 2.75) is 26.3 Å². The molecule has 0 atom stereocenters. The van der Waals surface area contributed by atoms with E-state index in [1.807, 2.05) is 17.5 Å². The molecule has 0 unspecified atom stereocenters. The number of hydrogen-bond donors (Lipinski definition) is 4. The van der Waals surface area contributed by atoms with Gasteiger partial charge < -0.3 is 26.1 Å². The van der Waals surface area contributed by atoms with Gasteiger partial charge in [0.25, 0.3) is 0 Å². The summed E-state index contributed by atoms with van der Waals surface area (Å²) in [5.41, 5.74) is 6.53. The van der Waals surface area contributed by atoms with Gasteiger partial charge in [0.1, 0.15) is 11.5 Å². The number of furan rings is 1. The van der Waals surface area contributed by atoms with Crippen molar-refractivity contribution in [2.75, 3.05) is 13.6 Å². The fourth-order valence-corrected chi connectivity index (χ4v) is 2.67. The molecule has 26 heavy (non-hydrogen) atoms. The molecular weight excluding hydrogens is 352 g/mol. The summed E-state index contributed by atoms with van der Waals surface area (Å²) in [5, 5.41) is 19.8. The molecule has 10 heteroatoms. The maximum Gasteiger partial charge on any atom is 0.212 e. The van der Waals surface area contributed by atoms with Gasteiger partial charge >= 0.3 is 0 Å². The molecule has 0 aliphatic rings. The Bertz CT molecular complexity index is 801. The van der Waals surface area contributed by atoms with Gasteiger partial charge in [0, 0.05) is 19.0 Å². The van der Waals surface area contributed by atoms with Gasteiger partial charge in [-0.1, -0.05) is 13.3 Å². The Morgan fingerprint density at radius 2 is 2.27 bits per heavy atom. The van der Waals surface area contributed by atoms with Crippen LogP contribution in [0.2, 0.25) is 0 Å². The van der Waals surface area contributed by atoms with Gasteiger partial charge in [-0.3, -0.25) is 0 Å². The van der Waals surface area contributed by atoms with E-state index in [1.54, 1.807) is 13.2 Å². The molecule has 0 fully saturated rings. The average Bonchev–Trinajstić information content (AvgIpc) is 3.28. The van der Waals surface area contributed by atoms with Gasteiger partial charge in [-0.2, -0.15) is 10.3 Å². The molecule has 0 spiro atoms. The highest BCUT2D eigenvalue weighted by molar-refractivity contribution is 7.13. The molecule has 0 saturated carbocycles. The Kier molecular flexibility index (Phi) is 7.45. The molecule has 0 aliphatic carbocycles. The van der Waals surface area contributed by atoms with Crippen LogP contribution in [-0.4, -0.2) is 30.5 Å². The van der Waals surface area contributed by atoms with E-state index < -0.39 is 0 Å². The number of nitrogens with one attached hydrogen (secondary N) is 3. The van der Waals surface area contributed by atoms with Crippen LogP contribution in [0.5, 0.6) is 0 Å². The molecule has 0 radical (unpaired) electrons. The zero-order chi connectivity index (χ0) is 18.8. The zero-order valence-corrected chi connectivity index (χ0v) is 15.6. The minimum atomic E-state index is 0.361. The maximum atomic E-state index is 8.57. The first-order valence-electron chi connectivity index (χ1n) is 8.17. The van der Waals surface area contributed by atoms with Crippen LogP contribution in [0.15, 0.2) is 31.9 Å². The fourth-order valence-electron chi connectivity index (χ4n) is 1.98. The second kappa shape index (κ2) is 10.0. The van der Waals surface area contributed by atoms with Crippen molar-refractivity contribution in [2.24, 2.45) is 15.7 Å². The summed E-state index contributed by atoms with van der Waals surface area (Å²) in [6.07, 6.45) is 3.85. The molecule has 138 valence electrons. The van der Waals surface area contributed by atoms with Crippen LogP contribution in [0.1, 0.15) is 25.5 Å². The van der Waals surface area contributed by atoms with E-state index in [1.165, 1.54) is 11.3 Å².